The van der Waals surface area contributed by atoms with Crippen molar-refractivity contribution >= 4 is 16.9 Å². The minimum absolute atomic E-state index is 0.188. The third-order valence-corrected chi connectivity index (χ3v) is 5.69. The zero-order chi connectivity index (χ0) is 23.7. The molecule has 0 unspecified atom stereocenters. The van der Waals surface area contributed by atoms with Crippen LogP contribution < -0.4 is 5.56 Å². The molecule has 3 heterocycles. The van der Waals surface area contributed by atoms with Crippen molar-refractivity contribution in [3.8, 4) is 22.4 Å². The number of carboxylic acid groups (broad SMARTS) is 1. The van der Waals surface area contributed by atoms with Crippen LogP contribution in [-0.2, 0) is 20.0 Å². The van der Waals surface area contributed by atoms with Gasteiger partial charge in [-0.3, -0.25) is 14.5 Å². The molecule has 0 saturated carbocycles. The van der Waals surface area contributed by atoms with E-state index in [1.54, 1.807) is 22.9 Å². The Labute approximate surface area is 194 Å². The van der Waals surface area contributed by atoms with E-state index in [9.17, 15) is 9.59 Å². The molecule has 3 aromatic heterocycles. The smallest absolute Gasteiger partial charge is 0.335 e. The van der Waals surface area contributed by atoms with Crippen LogP contribution in [0.1, 0.15) is 15.9 Å². The van der Waals surface area contributed by atoms with E-state index >= 15 is 0 Å². The first-order chi connectivity index (χ1) is 16.5. The Morgan fingerprint density at radius 1 is 0.941 bits per heavy atom. The third-order valence-electron chi connectivity index (χ3n) is 5.69. The maximum absolute atomic E-state index is 12.4. The number of pyridine rings is 1. The summed E-state index contributed by atoms with van der Waals surface area (Å²) in [5.41, 5.74) is 5.35. The molecule has 0 aliphatic heterocycles. The molecule has 34 heavy (non-hydrogen) atoms. The molecule has 0 aliphatic carbocycles. The Bertz CT molecular complexity index is 1570. The predicted molar refractivity (Wildman–Crippen MR) is 129 cm³/mol. The maximum atomic E-state index is 12.4. The fourth-order valence-electron chi connectivity index (χ4n) is 3.85. The summed E-state index contributed by atoms with van der Waals surface area (Å²) in [6.45, 7) is 0.418. The molecule has 0 aliphatic rings. The molecule has 0 spiro atoms. The number of benzene rings is 2. The number of nitrogens with zero attached hydrogens (tertiary/aromatic N) is 5. The lowest BCUT2D eigenvalue weighted by Gasteiger charge is -2.09. The van der Waals surface area contributed by atoms with E-state index < -0.39 is 5.97 Å². The molecule has 5 aromatic rings. The van der Waals surface area contributed by atoms with Gasteiger partial charge in [0.25, 0.3) is 5.56 Å². The molecule has 0 radical (unpaired) electrons. The summed E-state index contributed by atoms with van der Waals surface area (Å²) in [5, 5.41) is 18.8. The molecule has 0 amide bonds. The van der Waals surface area contributed by atoms with Crippen molar-refractivity contribution in [2.24, 2.45) is 7.05 Å². The summed E-state index contributed by atoms with van der Waals surface area (Å²) in [6, 6.07) is 17.7. The second-order valence-electron chi connectivity index (χ2n) is 8.07. The predicted octanol–water partition coefficient (Wildman–Crippen LogP) is 3.80. The van der Waals surface area contributed by atoms with Gasteiger partial charge >= 0.3 is 5.97 Å². The van der Waals surface area contributed by atoms with Gasteiger partial charge in [0.15, 0.2) is 0 Å². The van der Waals surface area contributed by atoms with Gasteiger partial charge in [-0.05, 0) is 48.4 Å². The highest BCUT2D eigenvalue weighted by Gasteiger charge is 2.08. The van der Waals surface area contributed by atoms with Crippen molar-refractivity contribution in [1.82, 2.24) is 24.5 Å². The first-order valence-corrected chi connectivity index (χ1v) is 10.8. The topological polar surface area (TPSA) is 103 Å². The number of hydrogen-bond acceptors (Lipinski definition) is 5. The molecule has 1 N–H and O–H groups in total. The van der Waals surface area contributed by atoms with Crippen molar-refractivity contribution in [3.63, 3.8) is 0 Å². The highest BCUT2D eigenvalue weighted by Crippen LogP contribution is 2.23. The number of aromatic nitrogens is 5. The van der Waals surface area contributed by atoms with Crippen LogP contribution in [0, 0.1) is 0 Å². The summed E-state index contributed by atoms with van der Waals surface area (Å²) in [7, 11) is 1.88. The highest BCUT2D eigenvalue weighted by atomic mass is 16.4. The quantitative estimate of drug-likeness (QED) is 0.421. The van der Waals surface area contributed by atoms with Gasteiger partial charge in [0.2, 0.25) is 0 Å². The maximum Gasteiger partial charge on any atom is 0.335 e. The number of carbonyl (C=O) groups is 1. The molecule has 0 bridgehead atoms. The molecule has 168 valence electrons. The van der Waals surface area contributed by atoms with Crippen molar-refractivity contribution in [1.29, 1.82) is 0 Å². The van der Waals surface area contributed by atoms with Crippen LogP contribution in [-0.4, -0.2) is 35.6 Å². The third kappa shape index (κ3) is 4.33. The SMILES string of the molecule is Cn1cc(-c2cnc3ccc(CCn4nc(-c5ccc(C(=O)O)cc5)ccc4=O)cc3c2)cn1. The molecule has 8 nitrogen and oxygen atoms in total. The van der Waals surface area contributed by atoms with Gasteiger partial charge in [-0.15, -0.1) is 0 Å². The number of fused-ring (bicyclic) bond motifs is 1. The van der Waals surface area contributed by atoms with Crippen molar-refractivity contribution < 1.29 is 9.90 Å². The number of aryl methyl sites for hydroxylation is 3. The molecule has 0 fully saturated rings. The van der Waals surface area contributed by atoms with E-state index in [1.165, 1.54) is 22.9 Å². The van der Waals surface area contributed by atoms with E-state index in [0.29, 0.717) is 18.7 Å². The zero-order valence-electron chi connectivity index (χ0n) is 18.4. The van der Waals surface area contributed by atoms with Gasteiger partial charge in [-0.25, -0.2) is 9.48 Å². The standard InChI is InChI=1S/C26H21N5O3/c1-30-16-22(15-28-30)21-13-20-12-17(2-7-23(20)27-14-21)10-11-31-25(32)9-8-24(29-31)18-3-5-19(6-4-18)26(33)34/h2-9,12-16H,10-11H2,1H3,(H,33,34). The van der Waals surface area contributed by atoms with Gasteiger partial charge in [0.05, 0.1) is 23.0 Å². The van der Waals surface area contributed by atoms with Crippen LogP contribution >= 0.6 is 0 Å². The summed E-state index contributed by atoms with van der Waals surface area (Å²) >= 11 is 0. The normalized spacial score (nSPS) is 11.1. The van der Waals surface area contributed by atoms with Gasteiger partial charge in [0.1, 0.15) is 0 Å². The largest absolute Gasteiger partial charge is 0.478 e. The van der Waals surface area contributed by atoms with Crippen LogP contribution in [0.4, 0.5) is 0 Å². The summed E-state index contributed by atoms with van der Waals surface area (Å²) in [4.78, 5) is 28.0. The van der Waals surface area contributed by atoms with Gasteiger partial charge in [0, 0.05) is 54.1 Å². The Kier molecular flexibility index (Phi) is 5.47. The summed E-state index contributed by atoms with van der Waals surface area (Å²) < 4.78 is 3.20. The van der Waals surface area contributed by atoms with Crippen LogP contribution in [0.3, 0.4) is 0 Å². The van der Waals surface area contributed by atoms with Crippen molar-refractivity contribution in [3.05, 3.63) is 101 Å². The molecular weight excluding hydrogens is 430 g/mol. The molecule has 2 aromatic carbocycles. The number of hydrogen-bond donors (Lipinski definition) is 1. The second kappa shape index (κ2) is 8.74. The Hall–Kier alpha value is -4.59. The average molecular weight is 451 g/mol. The molecule has 0 saturated heterocycles. The molecular formula is C26H21N5O3. The molecule has 8 heteroatoms. The lowest BCUT2D eigenvalue weighted by molar-refractivity contribution is 0.0697. The fourth-order valence-corrected chi connectivity index (χ4v) is 3.85. The fraction of sp³-hybridized carbons (Fsp3) is 0.115. The number of aromatic carboxylic acids is 1. The average Bonchev–Trinajstić information content (AvgIpc) is 3.29. The number of rotatable bonds is 6. The van der Waals surface area contributed by atoms with E-state index in [0.717, 1.165) is 33.2 Å². The highest BCUT2D eigenvalue weighted by molar-refractivity contribution is 5.88. The van der Waals surface area contributed by atoms with E-state index in [4.69, 9.17) is 5.11 Å². The zero-order valence-corrected chi connectivity index (χ0v) is 18.4. The van der Waals surface area contributed by atoms with Crippen LogP contribution in [0.15, 0.2) is 84.0 Å². The van der Waals surface area contributed by atoms with Crippen molar-refractivity contribution in [2.75, 3.05) is 0 Å². The monoisotopic (exact) mass is 451 g/mol. The Balaban J connectivity index is 1.37. The van der Waals surface area contributed by atoms with E-state index in [1.807, 2.05) is 37.8 Å². The van der Waals surface area contributed by atoms with Crippen LogP contribution in [0.5, 0.6) is 0 Å². The van der Waals surface area contributed by atoms with E-state index in [2.05, 4.69) is 27.3 Å². The first-order valence-electron chi connectivity index (χ1n) is 10.8. The lowest BCUT2D eigenvalue weighted by atomic mass is 10.1. The van der Waals surface area contributed by atoms with Crippen LogP contribution in [0.2, 0.25) is 0 Å². The first kappa shape index (κ1) is 21.3. The summed E-state index contributed by atoms with van der Waals surface area (Å²) in [6.07, 6.45) is 6.23. The minimum atomic E-state index is -0.984. The Morgan fingerprint density at radius 2 is 1.76 bits per heavy atom. The lowest BCUT2D eigenvalue weighted by Crippen LogP contribution is -2.23. The van der Waals surface area contributed by atoms with Gasteiger partial charge < -0.3 is 5.11 Å². The summed E-state index contributed by atoms with van der Waals surface area (Å²) in [5.74, 6) is -0.984. The van der Waals surface area contributed by atoms with Gasteiger partial charge in [-0.1, -0.05) is 18.2 Å². The van der Waals surface area contributed by atoms with Crippen molar-refractivity contribution in [2.45, 2.75) is 13.0 Å². The minimum Gasteiger partial charge on any atom is -0.478 e. The number of carboxylic acids is 1. The van der Waals surface area contributed by atoms with Gasteiger partial charge in [-0.2, -0.15) is 10.2 Å². The molecule has 5 rings (SSSR count). The Morgan fingerprint density at radius 3 is 2.50 bits per heavy atom. The van der Waals surface area contributed by atoms with Crippen LogP contribution in [0.25, 0.3) is 33.3 Å². The molecule has 0 atom stereocenters. The second-order valence-corrected chi connectivity index (χ2v) is 8.07. The van der Waals surface area contributed by atoms with E-state index in [-0.39, 0.29) is 11.1 Å².